The quantitative estimate of drug-likeness (QED) is 0.905. The number of carbonyl (C=O) groups is 1. The van der Waals surface area contributed by atoms with Crippen LogP contribution in [0.3, 0.4) is 0 Å². The Morgan fingerprint density at radius 3 is 2.70 bits per heavy atom. The van der Waals surface area contributed by atoms with Gasteiger partial charge in [-0.3, -0.25) is 4.79 Å². The Kier molecular flexibility index (Phi) is 5.19. The lowest BCUT2D eigenvalue weighted by Crippen LogP contribution is -2.36. The molecule has 0 radical (unpaired) electrons. The van der Waals surface area contributed by atoms with Gasteiger partial charge >= 0.3 is 6.18 Å². The number of rotatable bonds is 5. The summed E-state index contributed by atoms with van der Waals surface area (Å²) < 4.78 is 47.4. The number of carbonyl (C=O) groups excluding carboxylic acids is 1. The van der Waals surface area contributed by atoms with Crippen molar-refractivity contribution in [2.24, 2.45) is 0 Å². The van der Waals surface area contributed by atoms with Gasteiger partial charge in [0.25, 0.3) is 5.91 Å². The molecule has 1 unspecified atom stereocenters. The zero-order chi connectivity index (χ0) is 17.0. The molecule has 0 saturated heterocycles. The molecule has 1 amide bonds. The van der Waals surface area contributed by atoms with Crippen LogP contribution in [0.5, 0.6) is 5.75 Å². The highest BCUT2D eigenvalue weighted by Gasteiger charge is 2.34. The summed E-state index contributed by atoms with van der Waals surface area (Å²) in [6.45, 7) is 3.20. The number of amides is 1. The van der Waals surface area contributed by atoms with Gasteiger partial charge in [0.2, 0.25) is 0 Å². The number of benzene rings is 1. The molecule has 5 nitrogen and oxygen atoms in total. The van der Waals surface area contributed by atoms with Gasteiger partial charge in [-0.2, -0.15) is 13.2 Å². The van der Waals surface area contributed by atoms with Crippen molar-refractivity contribution < 1.29 is 22.7 Å². The minimum atomic E-state index is -4.49. The monoisotopic (exact) mass is 345 g/mol. The average molecular weight is 345 g/mol. The number of nitrogens with zero attached hydrogens (tertiary/aromatic N) is 2. The summed E-state index contributed by atoms with van der Waals surface area (Å²) in [5.74, 6) is -0.644. The minimum absolute atomic E-state index is 0.0931. The SMILES string of the molecule is Cc1nnsc1C(=O)NC(C)COc1ccccc1C(F)(F)F. The van der Waals surface area contributed by atoms with Crippen molar-refractivity contribution in [3.05, 3.63) is 40.4 Å². The summed E-state index contributed by atoms with van der Waals surface area (Å²) >= 11 is 0.957. The van der Waals surface area contributed by atoms with Crippen molar-refractivity contribution >= 4 is 17.4 Å². The fourth-order valence-electron chi connectivity index (χ4n) is 1.81. The maximum Gasteiger partial charge on any atom is 0.419 e. The molecule has 0 saturated carbocycles. The minimum Gasteiger partial charge on any atom is -0.491 e. The third kappa shape index (κ3) is 4.41. The van der Waals surface area contributed by atoms with Crippen LogP contribution in [0, 0.1) is 6.92 Å². The molecule has 124 valence electrons. The standard InChI is InChI=1S/C14H14F3N3O2S/c1-8(18-13(21)12-9(2)19-20-23-12)7-22-11-6-4-3-5-10(11)14(15,16)17/h3-6,8H,7H2,1-2H3,(H,18,21). The molecular weight excluding hydrogens is 331 g/mol. The van der Waals surface area contributed by atoms with Gasteiger partial charge in [0.05, 0.1) is 17.3 Å². The number of halogens is 3. The Labute approximate surface area is 134 Å². The van der Waals surface area contributed by atoms with E-state index >= 15 is 0 Å². The predicted molar refractivity (Wildman–Crippen MR) is 78.5 cm³/mol. The van der Waals surface area contributed by atoms with E-state index in [1.165, 1.54) is 18.2 Å². The lowest BCUT2D eigenvalue weighted by atomic mass is 10.2. The number of nitrogens with one attached hydrogen (secondary N) is 1. The van der Waals surface area contributed by atoms with Gasteiger partial charge in [-0.25, -0.2) is 0 Å². The molecule has 0 bridgehead atoms. The highest BCUT2D eigenvalue weighted by Crippen LogP contribution is 2.35. The molecule has 9 heteroatoms. The van der Waals surface area contributed by atoms with Gasteiger partial charge in [0.15, 0.2) is 0 Å². The summed E-state index contributed by atoms with van der Waals surface area (Å²) in [6.07, 6.45) is -4.49. The first-order valence-corrected chi connectivity index (χ1v) is 7.45. The van der Waals surface area contributed by atoms with Crippen LogP contribution in [0.15, 0.2) is 24.3 Å². The van der Waals surface area contributed by atoms with E-state index in [-0.39, 0.29) is 18.3 Å². The summed E-state index contributed by atoms with van der Waals surface area (Å²) in [5, 5.41) is 6.37. The van der Waals surface area contributed by atoms with E-state index in [1.807, 2.05) is 0 Å². The third-order valence-electron chi connectivity index (χ3n) is 2.92. The van der Waals surface area contributed by atoms with Crippen LogP contribution >= 0.6 is 11.5 Å². The van der Waals surface area contributed by atoms with Crippen LogP contribution < -0.4 is 10.1 Å². The lowest BCUT2D eigenvalue weighted by Gasteiger charge is -2.17. The van der Waals surface area contributed by atoms with E-state index in [4.69, 9.17) is 4.74 Å². The molecule has 0 fully saturated rings. The molecule has 2 aromatic rings. The molecular formula is C14H14F3N3O2S. The highest BCUT2D eigenvalue weighted by atomic mass is 32.1. The molecule has 1 aromatic carbocycles. The Morgan fingerprint density at radius 1 is 1.39 bits per heavy atom. The van der Waals surface area contributed by atoms with Crippen LogP contribution in [-0.4, -0.2) is 28.1 Å². The fourth-order valence-corrected chi connectivity index (χ4v) is 2.37. The molecule has 1 aromatic heterocycles. The van der Waals surface area contributed by atoms with Crippen LogP contribution in [0.1, 0.15) is 27.9 Å². The second-order valence-electron chi connectivity index (χ2n) is 4.87. The van der Waals surface area contributed by atoms with E-state index in [0.717, 1.165) is 17.6 Å². The van der Waals surface area contributed by atoms with E-state index in [1.54, 1.807) is 13.8 Å². The first-order chi connectivity index (χ1) is 10.8. The van der Waals surface area contributed by atoms with Gasteiger partial charge in [0, 0.05) is 0 Å². The van der Waals surface area contributed by atoms with Crippen molar-refractivity contribution in [3.63, 3.8) is 0 Å². The van der Waals surface area contributed by atoms with E-state index in [2.05, 4.69) is 14.9 Å². The molecule has 2 rings (SSSR count). The molecule has 23 heavy (non-hydrogen) atoms. The number of aryl methyl sites for hydroxylation is 1. The molecule has 0 aliphatic rings. The number of alkyl halides is 3. The van der Waals surface area contributed by atoms with Crippen LogP contribution in [0.25, 0.3) is 0 Å². The zero-order valence-electron chi connectivity index (χ0n) is 12.3. The van der Waals surface area contributed by atoms with Crippen molar-refractivity contribution in [1.29, 1.82) is 0 Å². The normalized spacial score (nSPS) is 12.7. The van der Waals surface area contributed by atoms with Crippen molar-refractivity contribution in [2.45, 2.75) is 26.1 Å². The first kappa shape index (κ1) is 17.2. The van der Waals surface area contributed by atoms with Gasteiger partial charge in [-0.05, 0) is 37.5 Å². The van der Waals surface area contributed by atoms with Crippen molar-refractivity contribution in [2.75, 3.05) is 6.61 Å². The largest absolute Gasteiger partial charge is 0.491 e. The molecule has 0 spiro atoms. The van der Waals surface area contributed by atoms with Gasteiger partial charge in [-0.1, -0.05) is 16.6 Å². The average Bonchev–Trinajstić information content (AvgIpc) is 2.90. The maximum absolute atomic E-state index is 12.9. The maximum atomic E-state index is 12.9. The Morgan fingerprint density at radius 2 is 2.09 bits per heavy atom. The summed E-state index contributed by atoms with van der Waals surface area (Å²) in [7, 11) is 0. The van der Waals surface area contributed by atoms with Crippen LogP contribution in [-0.2, 0) is 6.18 Å². The lowest BCUT2D eigenvalue weighted by molar-refractivity contribution is -0.139. The number of hydrogen-bond acceptors (Lipinski definition) is 5. The van der Waals surface area contributed by atoms with E-state index in [9.17, 15) is 18.0 Å². The highest BCUT2D eigenvalue weighted by molar-refractivity contribution is 7.08. The summed E-state index contributed by atoms with van der Waals surface area (Å²) in [5.41, 5.74) is -0.343. The molecule has 0 aliphatic heterocycles. The third-order valence-corrected chi connectivity index (χ3v) is 3.74. The molecule has 1 atom stereocenters. The second kappa shape index (κ2) is 6.95. The number of para-hydroxylation sites is 1. The summed E-state index contributed by atoms with van der Waals surface area (Å²) in [6, 6.07) is 4.46. The van der Waals surface area contributed by atoms with Gasteiger partial charge in [-0.15, -0.1) is 5.10 Å². The summed E-state index contributed by atoms with van der Waals surface area (Å²) in [4.78, 5) is 12.3. The van der Waals surface area contributed by atoms with Crippen molar-refractivity contribution in [3.8, 4) is 5.75 Å². The van der Waals surface area contributed by atoms with Crippen LogP contribution in [0.4, 0.5) is 13.2 Å². The van der Waals surface area contributed by atoms with E-state index < -0.39 is 17.8 Å². The molecule has 1 heterocycles. The molecule has 0 aliphatic carbocycles. The second-order valence-corrected chi connectivity index (χ2v) is 5.62. The molecule has 1 N–H and O–H groups in total. The van der Waals surface area contributed by atoms with Gasteiger partial charge in [0.1, 0.15) is 17.2 Å². The number of ether oxygens (including phenoxy) is 1. The number of aromatic nitrogens is 2. The number of hydrogen-bond donors (Lipinski definition) is 1. The zero-order valence-corrected chi connectivity index (χ0v) is 13.2. The van der Waals surface area contributed by atoms with Crippen molar-refractivity contribution in [1.82, 2.24) is 14.9 Å². The Balaban J connectivity index is 1.96. The first-order valence-electron chi connectivity index (χ1n) is 6.68. The van der Waals surface area contributed by atoms with Crippen LogP contribution in [0.2, 0.25) is 0 Å². The topological polar surface area (TPSA) is 64.1 Å². The smallest absolute Gasteiger partial charge is 0.419 e. The fraction of sp³-hybridized carbons (Fsp3) is 0.357. The predicted octanol–water partition coefficient (Wildman–Crippen LogP) is 3.06. The van der Waals surface area contributed by atoms with E-state index in [0.29, 0.717) is 10.6 Å². The van der Waals surface area contributed by atoms with Gasteiger partial charge < -0.3 is 10.1 Å². The Bertz CT molecular complexity index is 688. The Hall–Kier alpha value is -2.16.